The van der Waals surface area contributed by atoms with E-state index in [0.29, 0.717) is 24.0 Å². The van der Waals surface area contributed by atoms with Crippen LogP contribution >= 0.6 is 0 Å². The van der Waals surface area contributed by atoms with Gasteiger partial charge in [0, 0.05) is 26.6 Å². The molecule has 2 aliphatic rings. The number of halogens is 3. The lowest BCUT2D eigenvalue weighted by atomic mass is 9.88. The van der Waals surface area contributed by atoms with Crippen molar-refractivity contribution in [2.45, 2.75) is 57.2 Å². The molecule has 0 radical (unpaired) electrons. The number of amides is 1. The van der Waals surface area contributed by atoms with E-state index in [1.165, 1.54) is 7.05 Å². The number of nitrogens with zero attached hydrogens (tertiary/aromatic N) is 4. The molecule has 168 valence electrons. The molecule has 2 aromatic heterocycles. The summed E-state index contributed by atoms with van der Waals surface area (Å²) in [5.41, 5.74) is -3.15. The summed E-state index contributed by atoms with van der Waals surface area (Å²) in [5.74, 6) is -0.135. The van der Waals surface area contributed by atoms with Gasteiger partial charge < -0.3 is 4.90 Å². The molecule has 3 heterocycles. The maximum Gasteiger partial charge on any atom is 0.417 e. The van der Waals surface area contributed by atoms with E-state index in [2.05, 4.69) is 4.98 Å². The number of aromatic nitrogens is 3. The summed E-state index contributed by atoms with van der Waals surface area (Å²) < 4.78 is 43.4. The molecule has 10 heteroatoms. The maximum absolute atomic E-state index is 13.9. The fraction of sp³-hybridized carbons (Fsp3) is 0.619. The monoisotopic (exact) mass is 438 g/mol. The number of hydrogen-bond acceptors (Lipinski definition) is 4. The molecular formula is C21H25F3N4O3. The van der Waals surface area contributed by atoms with Gasteiger partial charge in [0.25, 0.3) is 5.56 Å². The molecule has 0 N–H and O–H groups in total. The van der Waals surface area contributed by atoms with Crippen LogP contribution in [0.25, 0.3) is 11.0 Å². The predicted octanol–water partition coefficient (Wildman–Crippen LogP) is 2.89. The van der Waals surface area contributed by atoms with Crippen molar-refractivity contribution in [1.29, 1.82) is 0 Å². The molecule has 0 spiro atoms. The van der Waals surface area contributed by atoms with Gasteiger partial charge >= 0.3 is 11.9 Å². The van der Waals surface area contributed by atoms with Crippen LogP contribution in [0.4, 0.5) is 13.2 Å². The van der Waals surface area contributed by atoms with Crippen molar-refractivity contribution in [3.8, 4) is 0 Å². The minimum Gasteiger partial charge on any atom is -0.334 e. The SMILES string of the molecule is Cn1c(=O)c2c(C(F)(F)F)cc([C@@H]3CCCN3C(=O)C3CCCCC3)nc2n(C)c1=O. The summed E-state index contributed by atoms with van der Waals surface area (Å²) >= 11 is 0. The average Bonchev–Trinajstić information content (AvgIpc) is 3.24. The Morgan fingerprint density at radius 3 is 2.35 bits per heavy atom. The van der Waals surface area contributed by atoms with Crippen LogP contribution in [0.5, 0.6) is 0 Å². The minimum atomic E-state index is -4.81. The smallest absolute Gasteiger partial charge is 0.334 e. The molecule has 1 saturated heterocycles. The lowest BCUT2D eigenvalue weighted by Gasteiger charge is -2.30. The van der Waals surface area contributed by atoms with Crippen LogP contribution in [0.2, 0.25) is 0 Å². The molecule has 31 heavy (non-hydrogen) atoms. The second kappa shape index (κ2) is 7.80. The molecule has 0 unspecified atom stereocenters. The fourth-order valence-corrected chi connectivity index (χ4v) is 4.89. The molecular weight excluding hydrogens is 413 g/mol. The Labute approximate surface area is 176 Å². The van der Waals surface area contributed by atoms with Crippen LogP contribution in [0, 0.1) is 5.92 Å². The van der Waals surface area contributed by atoms with E-state index in [1.54, 1.807) is 4.90 Å². The van der Waals surface area contributed by atoms with Crippen molar-refractivity contribution in [1.82, 2.24) is 19.0 Å². The van der Waals surface area contributed by atoms with Crippen molar-refractivity contribution >= 4 is 16.9 Å². The summed E-state index contributed by atoms with van der Waals surface area (Å²) in [6, 6.07) is 0.282. The molecule has 2 aromatic rings. The standard InChI is InChI=1S/C21H25F3N4O3/c1-26-17-16(19(30)27(2)20(26)31)13(21(22,23)24)11-14(25-17)15-9-6-10-28(15)18(29)12-7-4-3-5-8-12/h11-12,15H,3-10H2,1-2H3/t15-/m0/s1. The number of carbonyl (C=O) groups excluding carboxylic acids is 1. The number of likely N-dealkylation sites (tertiary alicyclic amines) is 1. The largest absolute Gasteiger partial charge is 0.417 e. The lowest BCUT2D eigenvalue weighted by Crippen LogP contribution is -2.39. The molecule has 1 aliphatic carbocycles. The highest BCUT2D eigenvalue weighted by Crippen LogP contribution is 2.39. The Bertz CT molecular complexity index is 1150. The molecule has 1 atom stereocenters. The first kappa shape index (κ1) is 21.6. The van der Waals surface area contributed by atoms with Gasteiger partial charge in [-0.15, -0.1) is 0 Å². The quantitative estimate of drug-likeness (QED) is 0.723. The average molecular weight is 438 g/mol. The molecule has 4 rings (SSSR count). The zero-order valence-electron chi connectivity index (χ0n) is 17.5. The van der Waals surface area contributed by atoms with E-state index in [-0.39, 0.29) is 23.2 Å². The molecule has 2 fully saturated rings. The van der Waals surface area contributed by atoms with Crippen molar-refractivity contribution in [3.05, 3.63) is 38.2 Å². The van der Waals surface area contributed by atoms with E-state index in [9.17, 15) is 27.6 Å². The summed E-state index contributed by atoms with van der Waals surface area (Å²) in [5, 5.41) is -0.635. The van der Waals surface area contributed by atoms with E-state index in [1.807, 2.05) is 0 Å². The Balaban J connectivity index is 1.87. The number of alkyl halides is 3. The Morgan fingerprint density at radius 1 is 1.03 bits per heavy atom. The van der Waals surface area contributed by atoms with Gasteiger partial charge in [-0.2, -0.15) is 13.2 Å². The first-order valence-electron chi connectivity index (χ1n) is 10.6. The maximum atomic E-state index is 13.9. The van der Waals surface area contributed by atoms with E-state index < -0.39 is 34.4 Å². The summed E-state index contributed by atoms with van der Waals surface area (Å²) in [4.78, 5) is 43.9. The van der Waals surface area contributed by atoms with Crippen LogP contribution in [-0.2, 0) is 25.1 Å². The number of rotatable bonds is 2. The molecule has 1 aliphatic heterocycles. The molecule has 0 bridgehead atoms. The van der Waals surface area contributed by atoms with E-state index >= 15 is 0 Å². The van der Waals surface area contributed by atoms with Gasteiger partial charge in [-0.3, -0.25) is 18.7 Å². The van der Waals surface area contributed by atoms with Crippen molar-refractivity contribution in [3.63, 3.8) is 0 Å². The van der Waals surface area contributed by atoms with Crippen LogP contribution in [0.15, 0.2) is 15.7 Å². The van der Waals surface area contributed by atoms with Crippen molar-refractivity contribution in [2.75, 3.05) is 6.54 Å². The third-order valence-corrected chi connectivity index (χ3v) is 6.57. The van der Waals surface area contributed by atoms with Gasteiger partial charge in [-0.05, 0) is 31.7 Å². The number of aryl methyl sites for hydroxylation is 1. The Kier molecular flexibility index (Phi) is 5.43. The third-order valence-electron chi connectivity index (χ3n) is 6.57. The predicted molar refractivity (Wildman–Crippen MR) is 107 cm³/mol. The van der Waals surface area contributed by atoms with Crippen LogP contribution in [-0.4, -0.2) is 31.5 Å². The summed E-state index contributed by atoms with van der Waals surface area (Å²) in [7, 11) is 2.43. The molecule has 0 aromatic carbocycles. The van der Waals surface area contributed by atoms with Gasteiger partial charge in [0.15, 0.2) is 0 Å². The van der Waals surface area contributed by atoms with Gasteiger partial charge in [-0.25, -0.2) is 9.78 Å². The Hall–Kier alpha value is -2.65. The molecule has 7 nitrogen and oxygen atoms in total. The number of hydrogen-bond donors (Lipinski definition) is 0. The lowest BCUT2D eigenvalue weighted by molar-refractivity contribution is -0.137. The number of pyridine rings is 1. The number of carbonyl (C=O) groups is 1. The summed E-state index contributed by atoms with van der Waals surface area (Å²) in [6.07, 6.45) is 0.997. The highest BCUT2D eigenvalue weighted by atomic mass is 19.4. The van der Waals surface area contributed by atoms with Crippen LogP contribution in [0.1, 0.15) is 62.2 Å². The Morgan fingerprint density at radius 2 is 1.71 bits per heavy atom. The topological polar surface area (TPSA) is 77.2 Å². The zero-order valence-corrected chi connectivity index (χ0v) is 17.5. The third kappa shape index (κ3) is 3.65. The molecule has 1 amide bonds. The van der Waals surface area contributed by atoms with E-state index in [4.69, 9.17) is 0 Å². The highest BCUT2D eigenvalue weighted by molar-refractivity contribution is 5.81. The number of fused-ring (bicyclic) bond motifs is 1. The minimum absolute atomic E-state index is 0.0319. The van der Waals surface area contributed by atoms with Crippen LogP contribution < -0.4 is 11.2 Å². The van der Waals surface area contributed by atoms with E-state index in [0.717, 1.165) is 49.8 Å². The zero-order chi connectivity index (χ0) is 22.5. The van der Waals surface area contributed by atoms with Crippen molar-refractivity contribution < 1.29 is 18.0 Å². The normalized spacial score (nSPS) is 20.5. The van der Waals surface area contributed by atoms with Gasteiger partial charge in [-0.1, -0.05) is 19.3 Å². The van der Waals surface area contributed by atoms with Crippen LogP contribution in [0.3, 0.4) is 0 Å². The van der Waals surface area contributed by atoms with Gasteiger partial charge in [0.2, 0.25) is 5.91 Å². The van der Waals surface area contributed by atoms with Gasteiger partial charge in [0.05, 0.1) is 22.7 Å². The van der Waals surface area contributed by atoms with Gasteiger partial charge in [0.1, 0.15) is 5.65 Å². The highest BCUT2D eigenvalue weighted by Gasteiger charge is 2.39. The first-order valence-corrected chi connectivity index (χ1v) is 10.6. The molecule has 1 saturated carbocycles. The summed E-state index contributed by atoms with van der Waals surface area (Å²) in [6.45, 7) is 0.469. The fourth-order valence-electron chi connectivity index (χ4n) is 4.89. The second-order valence-electron chi connectivity index (χ2n) is 8.52. The second-order valence-corrected chi connectivity index (χ2v) is 8.52. The van der Waals surface area contributed by atoms with Crippen molar-refractivity contribution in [2.24, 2.45) is 20.0 Å². The first-order chi connectivity index (χ1) is 14.6.